The lowest BCUT2D eigenvalue weighted by Gasteiger charge is -2.12. The van der Waals surface area contributed by atoms with E-state index in [0.717, 1.165) is 0 Å². The van der Waals surface area contributed by atoms with Crippen LogP contribution in [0.15, 0.2) is 84.6 Å². The molecule has 0 radical (unpaired) electrons. The zero-order valence-corrected chi connectivity index (χ0v) is 15.5. The van der Waals surface area contributed by atoms with Crippen molar-refractivity contribution in [2.24, 2.45) is 0 Å². The molecule has 0 heterocycles. The lowest BCUT2D eigenvalue weighted by atomic mass is 10.1. The monoisotopic (exact) mass is 392 g/mol. The minimum atomic E-state index is -0.546. The van der Waals surface area contributed by atoms with E-state index in [1.165, 1.54) is 18.2 Å². The van der Waals surface area contributed by atoms with Crippen molar-refractivity contribution >= 4 is 35.2 Å². The third kappa shape index (κ3) is 4.99. The van der Waals surface area contributed by atoms with E-state index in [2.05, 4.69) is 10.6 Å². The summed E-state index contributed by atoms with van der Waals surface area (Å²) in [7, 11) is 0. The zero-order chi connectivity index (χ0) is 19.9. The molecule has 6 heteroatoms. The van der Waals surface area contributed by atoms with Crippen LogP contribution in [0.1, 0.15) is 15.9 Å². The molecule has 3 rings (SSSR count). The predicted octanol–water partition coefficient (Wildman–Crippen LogP) is 4.46. The number of phenolic OH excluding ortho intramolecular Hbond substituents is 1. The van der Waals surface area contributed by atoms with E-state index in [-0.39, 0.29) is 11.4 Å². The highest BCUT2D eigenvalue weighted by atomic mass is 35.5. The molecule has 0 aliphatic rings. The van der Waals surface area contributed by atoms with Crippen LogP contribution in [0.3, 0.4) is 0 Å². The Morgan fingerprint density at radius 2 is 1.61 bits per heavy atom. The number of benzene rings is 3. The number of phenols is 1. The summed E-state index contributed by atoms with van der Waals surface area (Å²) in [6.45, 7) is 0. The van der Waals surface area contributed by atoms with Gasteiger partial charge in [0.1, 0.15) is 11.4 Å². The second-order valence-corrected chi connectivity index (χ2v) is 6.31. The SMILES string of the molecule is O=C(Nc1cccc(O)c1)/C(=C/c1ccccc1Cl)NC(=O)c1ccccc1. The zero-order valence-electron chi connectivity index (χ0n) is 14.7. The van der Waals surface area contributed by atoms with E-state index in [1.54, 1.807) is 66.7 Å². The van der Waals surface area contributed by atoms with Crippen molar-refractivity contribution < 1.29 is 14.7 Å². The molecular weight excluding hydrogens is 376 g/mol. The van der Waals surface area contributed by atoms with Gasteiger partial charge in [0.05, 0.1) is 0 Å². The Morgan fingerprint density at radius 3 is 2.32 bits per heavy atom. The third-order valence-electron chi connectivity index (χ3n) is 3.84. The maximum Gasteiger partial charge on any atom is 0.272 e. The Bertz CT molecular complexity index is 1030. The van der Waals surface area contributed by atoms with Gasteiger partial charge in [-0.05, 0) is 42.0 Å². The topological polar surface area (TPSA) is 78.4 Å². The lowest BCUT2D eigenvalue weighted by molar-refractivity contribution is -0.113. The van der Waals surface area contributed by atoms with E-state index < -0.39 is 11.8 Å². The summed E-state index contributed by atoms with van der Waals surface area (Å²) in [5, 5.41) is 15.3. The first-order valence-corrected chi connectivity index (χ1v) is 8.84. The number of nitrogens with one attached hydrogen (secondary N) is 2. The first-order chi connectivity index (χ1) is 13.5. The third-order valence-corrected chi connectivity index (χ3v) is 4.18. The molecule has 140 valence electrons. The van der Waals surface area contributed by atoms with Crippen molar-refractivity contribution in [2.75, 3.05) is 5.32 Å². The van der Waals surface area contributed by atoms with Crippen LogP contribution in [0, 0.1) is 0 Å². The number of carbonyl (C=O) groups is 2. The second-order valence-electron chi connectivity index (χ2n) is 5.90. The van der Waals surface area contributed by atoms with Crippen molar-refractivity contribution in [1.82, 2.24) is 5.32 Å². The fourth-order valence-corrected chi connectivity index (χ4v) is 2.66. The fourth-order valence-electron chi connectivity index (χ4n) is 2.47. The van der Waals surface area contributed by atoms with Crippen molar-refractivity contribution in [3.63, 3.8) is 0 Å². The average Bonchev–Trinajstić information content (AvgIpc) is 2.69. The Balaban J connectivity index is 1.91. The number of rotatable bonds is 5. The van der Waals surface area contributed by atoms with Crippen molar-refractivity contribution in [2.45, 2.75) is 0 Å². The Kier molecular flexibility index (Phi) is 6.09. The minimum absolute atomic E-state index is 0.0164. The molecule has 3 aromatic carbocycles. The van der Waals surface area contributed by atoms with Gasteiger partial charge in [0.2, 0.25) is 0 Å². The molecule has 0 aliphatic carbocycles. The molecule has 2 amide bonds. The summed E-state index contributed by atoms with van der Waals surface area (Å²) in [4.78, 5) is 25.3. The van der Waals surface area contributed by atoms with Crippen LogP contribution < -0.4 is 10.6 Å². The van der Waals surface area contributed by atoms with E-state index in [4.69, 9.17) is 11.6 Å². The molecule has 0 unspecified atom stereocenters. The highest BCUT2D eigenvalue weighted by Gasteiger charge is 2.15. The predicted molar refractivity (Wildman–Crippen MR) is 110 cm³/mol. The standard InChI is InChI=1S/C22H17ClN2O3/c23-19-12-5-4-9-16(19)13-20(25-21(27)15-7-2-1-3-8-15)22(28)24-17-10-6-11-18(26)14-17/h1-14,26H,(H,24,28)(H,25,27)/b20-13-. The summed E-state index contributed by atoms with van der Waals surface area (Å²) in [5.74, 6) is -0.956. The Morgan fingerprint density at radius 1 is 0.893 bits per heavy atom. The molecule has 0 bridgehead atoms. The van der Waals surface area contributed by atoms with E-state index in [0.29, 0.717) is 21.8 Å². The number of hydrogen-bond donors (Lipinski definition) is 3. The van der Waals surface area contributed by atoms with Gasteiger partial charge in [-0.25, -0.2) is 0 Å². The molecular formula is C22H17ClN2O3. The first kappa shape index (κ1) is 19.2. The van der Waals surface area contributed by atoms with E-state index >= 15 is 0 Å². The molecule has 5 nitrogen and oxygen atoms in total. The van der Waals surface area contributed by atoms with Crippen molar-refractivity contribution in [3.05, 3.63) is 101 Å². The van der Waals surface area contributed by atoms with Crippen LogP contribution in [0.2, 0.25) is 5.02 Å². The largest absolute Gasteiger partial charge is 0.508 e. The molecule has 0 atom stereocenters. The minimum Gasteiger partial charge on any atom is -0.508 e. The molecule has 0 saturated carbocycles. The number of hydrogen-bond acceptors (Lipinski definition) is 3. The highest BCUT2D eigenvalue weighted by molar-refractivity contribution is 6.32. The summed E-state index contributed by atoms with van der Waals surface area (Å²) >= 11 is 6.19. The molecule has 3 N–H and O–H groups in total. The Hall–Kier alpha value is -3.57. The van der Waals surface area contributed by atoms with Gasteiger partial charge >= 0.3 is 0 Å². The summed E-state index contributed by atoms with van der Waals surface area (Å²) in [6.07, 6.45) is 1.50. The van der Waals surface area contributed by atoms with Gasteiger partial charge in [-0.3, -0.25) is 9.59 Å². The van der Waals surface area contributed by atoms with Gasteiger partial charge in [0.25, 0.3) is 11.8 Å². The van der Waals surface area contributed by atoms with Gasteiger partial charge in [0, 0.05) is 22.3 Å². The van der Waals surface area contributed by atoms with Gasteiger partial charge in [-0.2, -0.15) is 0 Å². The molecule has 0 aromatic heterocycles. The molecule has 0 spiro atoms. The highest BCUT2D eigenvalue weighted by Crippen LogP contribution is 2.20. The fraction of sp³-hybridized carbons (Fsp3) is 0. The van der Waals surface area contributed by atoms with Crippen molar-refractivity contribution in [1.29, 1.82) is 0 Å². The number of anilines is 1. The van der Waals surface area contributed by atoms with Crippen LogP contribution >= 0.6 is 11.6 Å². The summed E-state index contributed by atoms with van der Waals surface area (Å²) < 4.78 is 0. The molecule has 0 saturated heterocycles. The number of aromatic hydroxyl groups is 1. The number of carbonyl (C=O) groups excluding carboxylic acids is 2. The summed E-state index contributed by atoms with van der Waals surface area (Å²) in [6, 6.07) is 21.7. The van der Waals surface area contributed by atoms with Crippen LogP contribution in [0.5, 0.6) is 5.75 Å². The van der Waals surface area contributed by atoms with Crippen LogP contribution in [0.25, 0.3) is 6.08 Å². The van der Waals surface area contributed by atoms with E-state index in [1.807, 2.05) is 0 Å². The lowest BCUT2D eigenvalue weighted by Crippen LogP contribution is -2.30. The maximum atomic E-state index is 12.8. The first-order valence-electron chi connectivity index (χ1n) is 8.46. The normalized spacial score (nSPS) is 11.0. The van der Waals surface area contributed by atoms with Gasteiger partial charge in [0.15, 0.2) is 0 Å². The van der Waals surface area contributed by atoms with Crippen molar-refractivity contribution in [3.8, 4) is 5.75 Å². The van der Waals surface area contributed by atoms with Crippen LogP contribution in [-0.2, 0) is 4.79 Å². The second kappa shape index (κ2) is 8.88. The van der Waals surface area contributed by atoms with Gasteiger partial charge in [-0.15, -0.1) is 0 Å². The van der Waals surface area contributed by atoms with E-state index in [9.17, 15) is 14.7 Å². The average molecular weight is 393 g/mol. The van der Waals surface area contributed by atoms with Gasteiger partial charge in [-0.1, -0.05) is 54.1 Å². The van der Waals surface area contributed by atoms with Gasteiger partial charge < -0.3 is 15.7 Å². The molecule has 3 aromatic rings. The Labute approximate surface area is 167 Å². The molecule has 0 fully saturated rings. The van der Waals surface area contributed by atoms with Crippen LogP contribution in [-0.4, -0.2) is 16.9 Å². The number of amides is 2. The maximum absolute atomic E-state index is 12.8. The van der Waals surface area contributed by atoms with Crippen LogP contribution in [0.4, 0.5) is 5.69 Å². The number of halogens is 1. The summed E-state index contributed by atoms with van der Waals surface area (Å²) in [5.41, 5.74) is 1.41. The smallest absolute Gasteiger partial charge is 0.272 e. The molecule has 28 heavy (non-hydrogen) atoms. The molecule has 0 aliphatic heterocycles. The quantitative estimate of drug-likeness (QED) is 0.561.